The first-order valence-corrected chi connectivity index (χ1v) is 4.43. The summed E-state index contributed by atoms with van der Waals surface area (Å²) in [7, 11) is 1.48. The maximum Gasteiger partial charge on any atom is 0.307 e. The summed E-state index contributed by atoms with van der Waals surface area (Å²) in [4.78, 5) is 21.2. The number of carbonyl (C=O) groups excluding carboxylic acids is 1. The van der Waals surface area contributed by atoms with Crippen LogP contribution in [-0.2, 0) is 11.2 Å². The number of aryl methyl sites for hydroxylation is 1. The third-order valence-corrected chi connectivity index (χ3v) is 2.06. The first kappa shape index (κ1) is 11.2. The lowest BCUT2D eigenvalue weighted by atomic mass is 10.0. The summed E-state index contributed by atoms with van der Waals surface area (Å²) in [6.07, 6.45) is 0.545. The molecule has 0 aliphatic rings. The summed E-state index contributed by atoms with van der Waals surface area (Å²) in [6, 6.07) is 3.20. The van der Waals surface area contributed by atoms with Crippen LogP contribution in [0.4, 0.5) is 0 Å². The van der Waals surface area contributed by atoms with E-state index >= 15 is 0 Å². The number of hydrogen-bond acceptors (Lipinski definition) is 3. The summed E-state index contributed by atoms with van der Waals surface area (Å²) < 4.78 is 5.10. The average Bonchev–Trinajstić information content (AvgIpc) is 2.16. The Kier molecular flexibility index (Phi) is 3.44. The summed E-state index contributed by atoms with van der Waals surface area (Å²) in [5.74, 6) is -0.418. The highest BCUT2D eigenvalue weighted by Gasteiger charge is 2.11. The van der Waals surface area contributed by atoms with Gasteiger partial charge in [0, 0.05) is 11.1 Å². The number of methoxy groups -OCH3 is 1. The van der Waals surface area contributed by atoms with Crippen molar-refractivity contribution in [2.45, 2.75) is 13.3 Å². The molecule has 0 spiro atoms. The number of aldehydes is 1. The molecule has 0 amide bonds. The number of aliphatic carboxylic acids is 1. The van der Waals surface area contributed by atoms with Gasteiger partial charge in [0.05, 0.1) is 13.5 Å². The molecule has 0 aliphatic heterocycles. The van der Waals surface area contributed by atoms with E-state index in [0.29, 0.717) is 23.2 Å². The van der Waals surface area contributed by atoms with Crippen LogP contribution in [0, 0.1) is 6.92 Å². The van der Waals surface area contributed by atoms with E-state index in [-0.39, 0.29) is 6.42 Å². The Morgan fingerprint density at radius 1 is 1.53 bits per heavy atom. The predicted molar refractivity (Wildman–Crippen MR) is 54.5 cm³/mol. The Hall–Kier alpha value is -1.84. The van der Waals surface area contributed by atoms with Gasteiger partial charge in [-0.05, 0) is 24.6 Å². The zero-order valence-electron chi connectivity index (χ0n) is 8.61. The molecule has 0 atom stereocenters. The Morgan fingerprint density at radius 3 is 2.67 bits per heavy atom. The van der Waals surface area contributed by atoms with E-state index < -0.39 is 5.97 Å². The van der Waals surface area contributed by atoms with Gasteiger partial charge in [-0.3, -0.25) is 9.59 Å². The molecular formula is C11H12O4. The van der Waals surface area contributed by atoms with Gasteiger partial charge in [0.2, 0.25) is 0 Å². The van der Waals surface area contributed by atoms with Crippen LogP contribution in [0.5, 0.6) is 5.75 Å². The predicted octanol–water partition coefficient (Wildman–Crippen LogP) is 1.44. The van der Waals surface area contributed by atoms with Crippen LogP contribution >= 0.6 is 0 Å². The minimum atomic E-state index is -0.948. The van der Waals surface area contributed by atoms with Gasteiger partial charge in [0.1, 0.15) is 12.0 Å². The van der Waals surface area contributed by atoms with Crippen molar-refractivity contribution in [3.8, 4) is 5.75 Å². The minimum absolute atomic E-state index is 0.147. The van der Waals surface area contributed by atoms with Crippen LogP contribution < -0.4 is 4.74 Å². The Labute approximate surface area is 87.5 Å². The van der Waals surface area contributed by atoms with Crippen LogP contribution in [0.25, 0.3) is 0 Å². The van der Waals surface area contributed by atoms with Crippen molar-refractivity contribution in [3.63, 3.8) is 0 Å². The highest BCUT2D eigenvalue weighted by atomic mass is 16.5. The number of benzene rings is 1. The minimum Gasteiger partial charge on any atom is -0.496 e. The molecule has 0 heterocycles. The fraction of sp³-hybridized carbons (Fsp3) is 0.273. The summed E-state index contributed by atoms with van der Waals surface area (Å²) in [6.45, 7) is 1.77. The number of carboxylic acid groups (broad SMARTS) is 1. The molecule has 0 unspecified atom stereocenters. The van der Waals surface area contributed by atoms with E-state index in [9.17, 15) is 9.59 Å². The van der Waals surface area contributed by atoms with Crippen molar-refractivity contribution >= 4 is 12.3 Å². The molecule has 0 aromatic heterocycles. The fourth-order valence-electron chi connectivity index (χ4n) is 1.53. The smallest absolute Gasteiger partial charge is 0.307 e. The van der Waals surface area contributed by atoms with E-state index in [2.05, 4.69) is 0 Å². The van der Waals surface area contributed by atoms with Gasteiger partial charge in [-0.1, -0.05) is 0 Å². The topological polar surface area (TPSA) is 63.6 Å². The SMILES string of the molecule is COc1c(C)cc(C=O)cc1CC(=O)O. The van der Waals surface area contributed by atoms with Crippen LogP contribution in [0.15, 0.2) is 12.1 Å². The number of hydrogen-bond donors (Lipinski definition) is 1. The van der Waals surface area contributed by atoms with Crippen LogP contribution in [0.3, 0.4) is 0 Å². The molecule has 0 fully saturated rings. The van der Waals surface area contributed by atoms with E-state index in [0.717, 1.165) is 5.56 Å². The molecule has 1 rings (SSSR count). The maximum absolute atomic E-state index is 10.6. The van der Waals surface area contributed by atoms with E-state index in [1.165, 1.54) is 13.2 Å². The zero-order valence-corrected chi connectivity index (χ0v) is 8.61. The highest BCUT2D eigenvalue weighted by Crippen LogP contribution is 2.25. The largest absolute Gasteiger partial charge is 0.496 e. The number of carbonyl (C=O) groups is 2. The molecule has 1 N–H and O–H groups in total. The van der Waals surface area contributed by atoms with Crippen LogP contribution in [0.2, 0.25) is 0 Å². The van der Waals surface area contributed by atoms with Crippen LogP contribution in [0.1, 0.15) is 21.5 Å². The van der Waals surface area contributed by atoms with Gasteiger partial charge < -0.3 is 9.84 Å². The Bertz CT molecular complexity index is 396. The molecule has 0 aliphatic carbocycles. The number of ether oxygens (including phenoxy) is 1. The second kappa shape index (κ2) is 4.59. The first-order chi connectivity index (χ1) is 7.08. The van der Waals surface area contributed by atoms with Crippen LogP contribution in [-0.4, -0.2) is 24.5 Å². The quantitative estimate of drug-likeness (QED) is 0.760. The van der Waals surface area contributed by atoms with E-state index in [1.807, 2.05) is 0 Å². The van der Waals surface area contributed by atoms with Gasteiger partial charge in [0.25, 0.3) is 0 Å². The van der Waals surface area contributed by atoms with Crippen molar-refractivity contribution in [3.05, 3.63) is 28.8 Å². The van der Waals surface area contributed by atoms with Crippen molar-refractivity contribution in [2.75, 3.05) is 7.11 Å². The van der Waals surface area contributed by atoms with Crippen molar-refractivity contribution < 1.29 is 19.4 Å². The maximum atomic E-state index is 10.6. The molecule has 0 radical (unpaired) electrons. The Morgan fingerprint density at radius 2 is 2.20 bits per heavy atom. The monoisotopic (exact) mass is 208 g/mol. The normalized spacial score (nSPS) is 9.73. The van der Waals surface area contributed by atoms with Gasteiger partial charge in [-0.25, -0.2) is 0 Å². The second-order valence-electron chi connectivity index (χ2n) is 3.22. The third-order valence-electron chi connectivity index (χ3n) is 2.06. The molecule has 0 saturated carbocycles. The summed E-state index contributed by atoms with van der Waals surface area (Å²) in [5.41, 5.74) is 1.75. The lowest BCUT2D eigenvalue weighted by molar-refractivity contribution is -0.136. The molecule has 80 valence electrons. The van der Waals surface area contributed by atoms with Crippen molar-refractivity contribution in [1.29, 1.82) is 0 Å². The first-order valence-electron chi connectivity index (χ1n) is 4.43. The molecule has 0 saturated heterocycles. The lowest BCUT2D eigenvalue weighted by Gasteiger charge is -2.10. The van der Waals surface area contributed by atoms with Gasteiger partial charge in [0.15, 0.2) is 0 Å². The molecule has 15 heavy (non-hydrogen) atoms. The molecule has 1 aromatic carbocycles. The summed E-state index contributed by atoms with van der Waals surface area (Å²) >= 11 is 0. The average molecular weight is 208 g/mol. The molecular weight excluding hydrogens is 196 g/mol. The second-order valence-corrected chi connectivity index (χ2v) is 3.22. The van der Waals surface area contributed by atoms with Crippen molar-refractivity contribution in [1.82, 2.24) is 0 Å². The highest BCUT2D eigenvalue weighted by molar-refractivity contribution is 5.78. The molecule has 4 nitrogen and oxygen atoms in total. The number of rotatable bonds is 4. The Balaban J connectivity index is 3.25. The lowest BCUT2D eigenvalue weighted by Crippen LogP contribution is -2.04. The van der Waals surface area contributed by atoms with E-state index in [4.69, 9.17) is 9.84 Å². The van der Waals surface area contributed by atoms with E-state index in [1.54, 1.807) is 13.0 Å². The number of carboxylic acids is 1. The summed E-state index contributed by atoms with van der Waals surface area (Å²) in [5, 5.41) is 8.70. The van der Waals surface area contributed by atoms with Gasteiger partial charge >= 0.3 is 5.97 Å². The standard InChI is InChI=1S/C11H12O4/c1-7-3-8(6-12)4-9(5-10(13)14)11(7)15-2/h3-4,6H,5H2,1-2H3,(H,13,14). The molecule has 4 heteroatoms. The molecule has 0 bridgehead atoms. The zero-order chi connectivity index (χ0) is 11.4. The van der Waals surface area contributed by atoms with Crippen molar-refractivity contribution in [2.24, 2.45) is 0 Å². The van der Waals surface area contributed by atoms with Gasteiger partial charge in [-0.15, -0.1) is 0 Å². The van der Waals surface area contributed by atoms with Gasteiger partial charge in [-0.2, -0.15) is 0 Å². The fourth-order valence-corrected chi connectivity index (χ4v) is 1.53. The third kappa shape index (κ3) is 2.56. The molecule has 1 aromatic rings.